The van der Waals surface area contributed by atoms with Crippen molar-refractivity contribution in [1.29, 1.82) is 0 Å². The van der Waals surface area contributed by atoms with Crippen LogP contribution in [0, 0.1) is 0 Å². The van der Waals surface area contributed by atoms with Crippen molar-refractivity contribution in [3.8, 4) is 5.75 Å². The molecule has 0 aliphatic carbocycles. The van der Waals surface area contributed by atoms with Gasteiger partial charge in [0.2, 0.25) is 0 Å². The third kappa shape index (κ3) is 5.96. The van der Waals surface area contributed by atoms with Gasteiger partial charge < -0.3 is 15.2 Å². The molecule has 2 atom stereocenters. The molecule has 0 radical (unpaired) electrons. The number of nitrogens with zero attached hydrogens (tertiary/aromatic N) is 1. The Morgan fingerprint density at radius 2 is 1.81 bits per heavy atom. The van der Waals surface area contributed by atoms with Gasteiger partial charge >= 0.3 is 5.97 Å². The van der Waals surface area contributed by atoms with Gasteiger partial charge in [0.1, 0.15) is 5.75 Å². The number of likely N-dealkylation sites (tertiary alicyclic amines) is 1. The Kier molecular flexibility index (Phi) is 8.10. The minimum atomic E-state index is -0.352. The van der Waals surface area contributed by atoms with Crippen molar-refractivity contribution >= 4 is 18.4 Å². The Hall–Kier alpha value is -2.08. The van der Waals surface area contributed by atoms with Crippen LogP contribution in [0.5, 0.6) is 5.75 Å². The van der Waals surface area contributed by atoms with E-state index in [1.54, 1.807) is 6.92 Å². The number of halogens is 1. The summed E-state index contributed by atoms with van der Waals surface area (Å²) in [7, 11) is 0. The maximum Gasteiger partial charge on any atom is 0.344 e. The monoisotopic (exact) mass is 390 g/mol. The van der Waals surface area contributed by atoms with Crippen LogP contribution in [-0.2, 0) is 16.1 Å². The average Bonchev–Trinajstić information content (AvgIpc) is 3.02. The van der Waals surface area contributed by atoms with Gasteiger partial charge in [-0.3, -0.25) is 4.90 Å². The van der Waals surface area contributed by atoms with Crippen LogP contribution in [0.25, 0.3) is 0 Å². The van der Waals surface area contributed by atoms with Gasteiger partial charge in [-0.05, 0) is 30.2 Å². The third-order valence-corrected chi connectivity index (χ3v) is 4.66. The third-order valence-electron chi connectivity index (χ3n) is 4.66. The van der Waals surface area contributed by atoms with E-state index in [0.29, 0.717) is 18.3 Å². The van der Waals surface area contributed by atoms with Crippen LogP contribution in [0.4, 0.5) is 0 Å². The summed E-state index contributed by atoms with van der Waals surface area (Å²) in [6.07, 6.45) is 0. The van der Waals surface area contributed by atoms with Crippen LogP contribution >= 0.6 is 12.4 Å². The Bertz CT molecular complexity index is 709. The lowest BCUT2D eigenvalue weighted by molar-refractivity contribution is -0.145. The van der Waals surface area contributed by atoms with E-state index < -0.39 is 0 Å². The molecule has 0 amide bonds. The number of ether oxygens (including phenoxy) is 2. The van der Waals surface area contributed by atoms with Crippen LogP contribution in [0.15, 0.2) is 54.6 Å². The highest BCUT2D eigenvalue weighted by atomic mass is 35.5. The van der Waals surface area contributed by atoms with E-state index in [4.69, 9.17) is 15.2 Å². The zero-order valence-corrected chi connectivity index (χ0v) is 16.4. The second kappa shape index (κ2) is 10.3. The van der Waals surface area contributed by atoms with Crippen molar-refractivity contribution in [3.05, 3.63) is 65.7 Å². The van der Waals surface area contributed by atoms with Crippen LogP contribution in [-0.4, -0.2) is 43.2 Å². The molecule has 6 heteroatoms. The number of hydrogen-bond donors (Lipinski definition) is 1. The number of esters is 1. The Morgan fingerprint density at radius 1 is 1.11 bits per heavy atom. The lowest BCUT2D eigenvalue weighted by Crippen LogP contribution is -2.28. The van der Waals surface area contributed by atoms with E-state index in [2.05, 4.69) is 29.2 Å². The first-order valence-corrected chi connectivity index (χ1v) is 9.06. The zero-order valence-electron chi connectivity index (χ0n) is 15.5. The largest absolute Gasteiger partial charge is 0.482 e. The molecule has 0 bridgehead atoms. The predicted molar refractivity (Wildman–Crippen MR) is 108 cm³/mol. The van der Waals surface area contributed by atoms with E-state index >= 15 is 0 Å². The summed E-state index contributed by atoms with van der Waals surface area (Å²) in [5.74, 6) is 0.694. The van der Waals surface area contributed by atoms with Crippen molar-refractivity contribution in [2.24, 2.45) is 5.73 Å². The molecule has 146 valence electrons. The molecule has 1 aliphatic rings. The maximum atomic E-state index is 11.3. The van der Waals surface area contributed by atoms with Crippen LogP contribution in [0.1, 0.15) is 24.0 Å². The molecule has 3 rings (SSSR count). The molecule has 1 fully saturated rings. The smallest absolute Gasteiger partial charge is 0.344 e. The number of carbonyl (C=O) groups is 1. The van der Waals surface area contributed by atoms with Crippen LogP contribution in [0.3, 0.4) is 0 Å². The maximum absolute atomic E-state index is 11.3. The SMILES string of the molecule is CCOC(=O)COc1ccc(CN2C[C@@H](N)[C@H](c3ccccc3)C2)cc1.Cl. The van der Waals surface area contributed by atoms with Crippen molar-refractivity contribution in [1.82, 2.24) is 4.90 Å². The van der Waals surface area contributed by atoms with Crippen LogP contribution < -0.4 is 10.5 Å². The highest BCUT2D eigenvalue weighted by Crippen LogP contribution is 2.27. The molecule has 0 saturated carbocycles. The van der Waals surface area contributed by atoms with Crippen molar-refractivity contribution in [3.63, 3.8) is 0 Å². The lowest BCUT2D eigenvalue weighted by atomic mass is 9.95. The highest BCUT2D eigenvalue weighted by molar-refractivity contribution is 5.85. The van der Waals surface area contributed by atoms with Gasteiger partial charge in [-0.2, -0.15) is 0 Å². The van der Waals surface area contributed by atoms with Crippen LogP contribution in [0.2, 0.25) is 0 Å². The fraction of sp³-hybridized carbons (Fsp3) is 0.381. The van der Waals surface area contributed by atoms with Gasteiger partial charge in [0.05, 0.1) is 6.61 Å². The van der Waals surface area contributed by atoms with Gasteiger partial charge in [-0.1, -0.05) is 42.5 Å². The molecule has 2 aromatic carbocycles. The van der Waals surface area contributed by atoms with Crippen molar-refractivity contribution in [2.75, 3.05) is 26.3 Å². The minimum Gasteiger partial charge on any atom is -0.482 e. The summed E-state index contributed by atoms with van der Waals surface area (Å²) < 4.78 is 10.3. The summed E-state index contributed by atoms with van der Waals surface area (Å²) in [6.45, 7) is 4.79. The first-order valence-electron chi connectivity index (χ1n) is 9.06. The van der Waals surface area contributed by atoms with E-state index in [1.165, 1.54) is 11.1 Å². The van der Waals surface area contributed by atoms with Gasteiger partial charge in [-0.25, -0.2) is 4.79 Å². The lowest BCUT2D eigenvalue weighted by Gasteiger charge is -2.16. The second-order valence-corrected chi connectivity index (χ2v) is 6.61. The Balaban J connectivity index is 0.00000261. The minimum absolute atomic E-state index is 0. The second-order valence-electron chi connectivity index (χ2n) is 6.61. The molecule has 1 heterocycles. The Morgan fingerprint density at radius 3 is 2.48 bits per heavy atom. The molecule has 0 aromatic heterocycles. The molecule has 0 unspecified atom stereocenters. The number of hydrogen-bond acceptors (Lipinski definition) is 5. The standard InChI is InChI=1S/C21H26N2O3.ClH/c1-2-25-21(24)15-26-18-10-8-16(9-11-18)12-23-13-19(20(22)14-23)17-6-4-3-5-7-17;/h3-11,19-20H,2,12-15,22H2,1H3;1H/t19-,20+;/m0./s1. The van der Waals surface area contributed by atoms with Gasteiger partial charge in [0.25, 0.3) is 0 Å². The number of rotatable bonds is 7. The van der Waals surface area contributed by atoms with E-state index in [0.717, 1.165) is 19.6 Å². The molecule has 1 saturated heterocycles. The summed E-state index contributed by atoms with van der Waals surface area (Å²) in [6, 6.07) is 18.5. The first kappa shape index (κ1) is 21.2. The summed E-state index contributed by atoms with van der Waals surface area (Å²) in [5.41, 5.74) is 8.88. The number of benzene rings is 2. The fourth-order valence-electron chi connectivity index (χ4n) is 3.39. The predicted octanol–water partition coefficient (Wildman–Crippen LogP) is 2.98. The summed E-state index contributed by atoms with van der Waals surface area (Å²) in [4.78, 5) is 13.7. The molecular weight excluding hydrogens is 364 g/mol. The fourth-order valence-corrected chi connectivity index (χ4v) is 3.39. The molecule has 2 aromatic rings. The summed E-state index contributed by atoms with van der Waals surface area (Å²) in [5, 5.41) is 0. The van der Waals surface area contributed by atoms with Gasteiger partial charge in [0.15, 0.2) is 6.61 Å². The summed E-state index contributed by atoms with van der Waals surface area (Å²) >= 11 is 0. The molecule has 5 nitrogen and oxygen atoms in total. The molecular formula is C21H27ClN2O3. The normalized spacial score (nSPS) is 19.3. The topological polar surface area (TPSA) is 64.8 Å². The van der Waals surface area contributed by atoms with Gasteiger partial charge in [0, 0.05) is 31.6 Å². The number of carbonyl (C=O) groups excluding carboxylic acids is 1. The quantitative estimate of drug-likeness (QED) is 0.736. The van der Waals surface area contributed by atoms with E-state index in [1.807, 2.05) is 30.3 Å². The molecule has 27 heavy (non-hydrogen) atoms. The zero-order chi connectivity index (χ0) is 18.4. The highest BCUT2D eigenvalue weighted by Gasteiger charge is 2.30. The van der Waals surface area contributed by atoms with E-state index in [9.17, 15) is 4.79 Å². The van der Waals surface area contributed by atoms with Crippen molar-refractivity contribution in [2.45, 2.75) is 25.4 Å². The molecule has 2 N–H and O–H groups in total. The van der Waals surface area contributed by atoms with Gasteiger partial charge in [-0.15, -0.1) is 12.4 Å². The van der Waals surface area contributed by atoms with Crippen molar-refractivity contribution < 1.29 is 14.3 Å². The molecule has 0 spiro atoms. The average molecular weight is 391 g/mol. The Labute approximate surface area is 166 Å². The number of nitrogens with two attached hydrogens (primary N) is 1. The molecule has 1 aliphatic heterocycles. The van der Waals surface area contributed by atoms with E-state index in [-0.39, 0.29) is 31.0 Å². The first-order chi connectivity index (χ1) is 12.7.